The van der Waals surface area contributed by atoms with Gasteiger partial charge in [0, 0.05) is 25.3 Å². The maximum absolute atomic E-state index is 12.6. The summed E-state index contributed by atoms with van der Waals surface area (Å²) >= 11 is 0. The lowest BCUT2D eigenvalue weighted by Crippen LogP contribution is -2.66. The number of fused-ring (bicyclic) bond motifs is 2. The molecule has 1 aromatic rings. The van der Waals surface area contributed by atoms with Crippen LogP contribution in [0.4, 0.5) is 0 Å². The third-order valence-electron chi connectivity index (χ3n) is 5.42. The predicted octanol–water partition coefficient (Wildman–Crippen LogP) is 1.83. The number of piperidine rings is 1. The molecule has 4 atom stereocenters. The van der Waals surface area contributed by atoms with Gasteiger partial charge in [-0.2, -0.15) is 0 Å². The molecule has 5 nitrogen and oxygen atoms in total. The third kappa shape index (κ3) is 1.41. The molecule has 1 aromatic carbocycles. The molecule has 110 valence electrons. The number of likely N-dealkylation sites (tertiary alicyclic amines) is 1. The highest BCUT2D eigenvalue weighted by Crippen LogP contribution is 2.59. The zero-order valence-corrected chi connectivity index (χ0v) is 11.8. The van der Waals surface area contributed by atoms with E-state index in [0.717, 1.165) is 30.6 Å². The quantitative estimate of drug-likeness (QED) is 0.800. The maximum Gasteiger partial charge on any atom is 0.316 e. The van der Waals surface area contributed by atoms with Crippen molar-refractivity contribution in [3.8, 4) is 5.75 Å². The first-order chi connectivity index (χ1) is 10.1. The Balaban J connectivity index is 1.97. The standard InChI is InChI=1S/C16H17NO4/c1-17-14(18)13(15(19)20)12-9-5-2-3-7-11(9)21-16(17)8-4-6-10(12)16/h2-3,5,7,10,12-13H,4,6,8H2,1H3,(H,19,20)/t10-,12-,13-,16-/m1/s1. The minimum absolute atomic E-state index is 0.0659. The van der Waals surface area contributed by atoms with E-state index < -0.39 is 17.6 Å². The summed E-state index contributed by atoms with van der Waals surface area (Å²) in [5.41, 5.74) is 0.219. The number of para-hydroxylation sites is 1. The summed E-state index contributed by atoms with van der Waals surface area (Å²) in [5.74, 6) is -1.86. The van der Waals surface area contributed by atoms with Crippen LogP contribution in [-0.4, -0.2) is 34.7 Å². The second kappa shape index (κ2) is 4.00. The smallest absolute Gasteiger partial charge is 0.316 e. The van der Waals surface area contributed by atoms with Crippen LogP contribution >= 0.6 is 0 Å². The van der Waals surface area contributed by atoms with Crippen molar-refractivity contribution < 1.29 is 19.4 Å². The van der Waals surface area contributed by atoms with E-state index in [9.17, 15) is 14.7 Å². The molecule has 1 saturated heterocycles. The predicted molar refractivity (Wildman–Crippen MR) is 73.8 cm³/mol. The van der Waals surface area contributed by atoms with Gasteiger partial charge in [0.1, 0.15) is 11.7 Å². The SMILES string of the molecule is CN1C(=O)[C@H](C(=O)O)[C@@H]2c3ccccc3O[C@@]13CCC[C@H]23. The van der Waals surface area contributed by atoms with Gasteiger partial charge in [0.2, 0.25) is 5.91 Å². The van der Waals surface area contributed by atoms with Gasteiger partial charge in [-0.25, -0.2) is 0 Å². The van der Waals surface area contributed by atoms with Crippen LogP contribution in [0.15, 0.2) is 24.3 Å². The molecule has 1 N–H and O–H groups in total. The molecule has 1 saturated carbocycles. The summed E-state index contributed by atoms with van der Waals surface area (Å²) < 4.78 is 6.24. The fourth-order valence-electron chi connectivity index (χ4n) is 4.53. The highest BCUT2D eigenvalue weighted by Gasteiger charge is 2.64. The summed E-state index contributed by atoms with van der Waals surface area (Å²) in [6.07, 6.45) is 2.64. The van der Waals surface area contributed by atoms with Gasteiger partial charge in [-0.3, -0.25) is 9.59 Å². The molecule has 0 unspecified atom stereocenters. The molecule has 3 aliphatic rings. The van der Waals surface area contributed by atoms with Gasteiger partial charge in [0.15, 0.2) is 5.72 Å². The molecular weight excluding hydrogens is 270 g/mol. The number of rotatable bonds is 1. The molecule has 5 heteroatoms. The van der Waals surface area contributed by atoms with Gasteiger partial charge < -0.3 is 14.7 Å². The normalized spacial score (nSPS) is 36.7. The van der Waals surface area contributed by atoms with E-state index in [1.165, 1.54) is 0 Å². The summed E-state index contributed by atoms with van der Waals surface area (Å²) in [5, 5.41) is 9.59. The molecule has 1 aliphatic carbocycles. The number of amides is 1. The van der Waals surface area contributed by atoms with Crippen molar-refractivity contribution in [2.24, 2.45) is 11.8 Å². The van der Waals surface area contributed by atoms with Gasteiger partial charge in [0.05, 0.1) is 0 Å². The lowest BCUT2D eigenvalue weighted by atomic mass is 9.67. The molecular formula is C16H17NO4. The van der Waals surface area contributed by atoms with Crippen molar-refractivity contribution in [2.45, 2.75) is 30.9 Å². The summed E-state index contributed by atoms with van der Waals surface area (Å²) in [6.45, 7) is 0. The van der Waals surface area contributed by atoms with Crippen LogP contribution in [0.1, 0.15) is 30.7 Å². The topological polar surface area (TPSA) is 66.8 Å². The van der Waals surface area contributed by atoms with Crippen molar-refractivity contribution in [3.05, 3.63) is 29.8 Å². The molecule has 2 fully saturated rings. The van der Waals surface area contributed by atoms with E-state index in [-0.39, 0.29) is 17.7 Å². The average molecular weight is 287 g/mol. The molecule has 21 heavy (non-hydrogen) atoms. The fourth-order valence-corrected chi connectivity index (χ4v) is 4.53. The molecule has 0 spiro atoms. The second-order valence-corrected chi connectivity index (χ2v) is 6.22. The van der Waals surface area contributed by atoms with E-state index in [1.807, 2.05) is 24.3 Å². The van der Waals surface area contributed by atoms with Gasteiger partial charge >= 0.3 is 5.97 Å². The Hall–Kier alpha value is -2.04. The molecule has 2 heterocycles. The van der Waals surface area contributed by atoms with Crippen LogP contribution in [0.25, 0.3) is 0 Å². The third-order valence-corrected chi connectivity index (χ3v) is 5.42. The summed E-state index contributed by atoms with van der Waals surface area (Å²) in [4.78, 5) is 25.9. The first-order valence-corrected chi connectivity index (χ1v) is 7.35. The van der Waals surface area contributed by atoms with Gasteiger partial charge in [-0.1, -0.05) is 18.2 Å². The number of nitrogens with zero attached hydrogens (tertiary/aromatic N) is 1. The molecule has 1 amide bonds. The highest BCUT2D eigenvalue weighted by molar-refractivity contribution is 5.99. The number of carbonyl (C=O) groups excluding carboxylic acids is 1. The summed E-state index contributed by atoms with van der Waals surface area (Å²) in [6, 6.07) is 7.54. The zero-order valence-electron chi connectivity index (χ0n) is 11.8. The van der Waals surface area contributed by atoms with Crippen LogP contribution in [0.3, 0.4) is 0 Å². The number of hydrogen-bond acceptors (Lipinski definition) is 3. The van der Waals surface area contributed by atoms with E-state index in [4.69, 9.17) is 4.74 Å². The Morgan fingerprint density at radius 3 is 2.95 bits per heavy atom. The minimum atomic E-state index is -1.03. The Morgan fingerprint density at radius 2 is 2.19 bits per heavy atom. The van der Waals surface area contributed by atoms with E-state index in [0.29, 0.717) is 0 Å². The van der Waals surface area contributed by atoms with Crippen LogP contribution in [0.2, 0.25) is 0 Å². The molecule has 0 aromatic heterocycles. The largest absolute Gasteiger partial charge is 0.481 e. The fraction of sp³-hybridized carbons (Fsp3) is 0.500. The van der Waals surface area contributed by atoms with E-state index in [1.54, 1.807) is 11.9 Å². The van der Waals surface area contributed by atoms with E-state index in [2.05, 4.69) is 0 Å². The number of carboxylic acids is 1. The first-order valence-electron chi connectivity index (χ1n) is 7.35. The lowest BCUT2D eigenvalue weighted by Gasteiger charge is -2.55. The Morgan fingerprint density at radius 1 is 1.43 bits per heavy atom. The van der Waals surface area contributed by atoms with Crippen molar-refractivity contribution in [3.63, 3.8) is 0 Å². The number of aliphatic carboxylic acids is 1. The van der Waals surface area contributed by atoms with Gasteiger partial charge in [0.25, 0.3) is 0 Å². The van der Waals surface area contributed by atoms with Crippen molar-refractivity contribution in [2.75, 3.05) is 7.05 Å². The van der Waals surface area contributed by atoms with Crippen LogP contribution in [-0.2, 0) is 9.59 Å². The first kappa shape index (κ1) is 12.7. The Labute approximate surface area is 122 Å². The van der Waals surface area contributed by atoms with Crippen molar-refractivity contribution in [1.29, 1.82) is 0 Å². The number of hydrogen-bond donors (Lipinski definition) is 1. The van der Waals surface area contributed by atoms with Gasteiger partial charge in [-0.15, -0.1) is 0 Å². The molecule has 4 rings (SSSR count). The number of ether oxygens (including phenoxy) is 1. The number of carboxylic acid groups (broad SMARTS) is 1. The highest BCUT2D eigenvalue weighted by atomic mass is 16.5. The van der Waals surface area contributed by atoms with Crippen molar-refractivity contribution in [1.82, 2.24) is 4.90 Å². The average Bonchev–Trinajstić information content (AvgIpc) is 2.89. The zero-order chi connectivity index (χ0) is 14.8. The van der Waals surface area contributed by atoms with Crippen LogP contribution in [0, 0.1) is 11.8 Å². The van der Waals surface area contributed by atoms with Crippen molar-refractivity contribution >= 4 is 11.9 Å². The van der Waals surface area contributed by atoms with Crippen LogP contribution in [0.5, 0.6) is 5.75 Å². The molecule has 2 aliphatic heterocycles. The maximum atomic E-state index is 12.6. The minimum Gasteiger partial charge on any atom is -0.481 e. The van der Waals surface area contributed by atoms with Crippen LogP contribution < -0.4 is 4.74 Å². The van der Waals surface area contributed by atoms with E-state index >= 15 is 0 Å². The Bertz CT molecular complexity index is 643. The Kier molecular flexibility index (Phi) is 2.41. The molecule has 0 radical (unpaired) electrons. The second-order valence-electron chi connectivity index (χ2n) is 6.22. The van der Waals surface area contributed by atoms with Gasteiger partial charge in [-0.05, 0) is 24.5 Å². The number of benzene rings is 1. The molecule has 2 bridgehead atoms. The summed E-state index contributed by atoms with van der Waals surface area (Å²) in [7, 11) is 1.68. The lowest BCUT2D eigenvalue weighted by molar-refractivity contribution is -0.189. The number of carbonyl (C=O) groups is 2. The monoisotopic (exact) mass is 287 g/mol.